The fraction of sp³-hybridized carbons (Fsp3) is 0.136. The van der Waals surface area contributed by atoms with E-state index in [1.54, 1.807) is 36.4 Å². The van der Waals surface area contributed by atoms with Crippen LogP contribution in [-0.2, 0) is 16.0 Å². The van der Waals surface area contributed by atoms with E-state index in [-0.39, 0.29) is 12.4 Å². The minimum Gasteiger partial charge on any atom is -0.453 e. The van der Waals surface area contributed by atoms with Crippen molar-refractivity contribution in [3.63, 3.8) is 0 Å². The standard InChI is InChI=1S/C22H19NO5/c1-2-15-3-9-18(10-4-15)23-21(25)14-27-22(26)17-7-5-16(6-8-17)20-12-11-19(13-24)28-20/h3-13H,2,14H2,1H3,(H,23,25). The highest BCUT2D eigenvalue weighted by Gasteiger charge is 2.12. The lowest BCUT2D eigenvalue weighted by Gasteiger charge is -2.07. The molecule has 2 aromatic carbocycles. The van der Waals surface area contributed by atoms with Crippen LogP contribution in [0.15, 0.2) is 65.1 Å². The van der Waals surface area contributed by atoms with E-state index in [9.17, 15) is 14.4 Å². The molecular formula is C22H19NO5. The van der Waals surface area contributed by atoms with E-state index in [1.165, 1.54) is 5.56 Å². The first-order valence-electron chi connectivity index (χ1n) is 8.80. The largest absolute Gasteiger partial charge is 0.453 e. The van der Waals surface area contributed by atoms with Crippen LogP contribution in [0.5, 0.6) is 0 Å². The van der Waals surface area contributed by atoms with E-state index in [0.29, 0.717) is 23.3 Å². The number of aryl methyl sites for hydroxylation is 1. The summed E-state index contributed by atoms with van der Waals surface area (Å²) in [5.41, 5.74) is 2.85. The van der Waals surface area contributed by atoms with Crippen molar-refractivity contribution < 1.29 is 23.5 Å². The third kappa shape index (κ3) is 4.73. The summed E-state index contributed by atoms with van der Waals surface area (Å²) < 4.78 is 10.4. The number of anilines is 1. The molecule has 0 aliphatic heterocycles. The quantitative estimate of drug-likeness (QED) is 0.494. The van der Waals surface area contributed by atoms with E-state index in [1.807, 2.05) is 24.3 Å². The maximum absolute atomic E-state index is 12.1. The molecule has 0 bridgehead atoms. The average Bonchev–Trinajstić information content (AvgIpc) is 3.22. The highest BCUT2D eigenvalue weighted by atomic mass is 16.5. The van der Waals surface area contributed by atoms with E-state index in [2.05, 4.69) is 12.2 Å². The number of furan rings is 1. The molecule has 0 spiro atoms. The number of hydrogen-bond donors (Lipinski definition) is 1. The fourth-order valence-corrected chi connectivity index (χ4v) is 2.58. The predicted molar refractivity (Wildman–Crippen MR) is 104 cm³/mol. The molecule has 1 N–H and O–H groups in total. The van der Waals surface area contributed by atoms with Crippen LogP contribution in [0.1, 0.15) is 33.4 Å². The van der Waals surface area contributed by atoms with Crippen LogP contribution in [0.2, 0.25) is 0 Å². The smallest absolute Gasteiger partial charge is 0.338 e. The van der Waals surface area contributed by atoms with Gasteiger partial charge in [-0.2, -0.15) is 0 Å². The normalized spacial score (nSPS) is 10.3. The number of ether oxygens (including phenoxy) is 1. The highest BCUT2D eigenvalue weighted by molar-refractivity contribution is 5.95. The van der Waals surface area contributed by atoms with Crippen LogP contribution >= 0.6 is 0 Å². The highest BCUT2D eigenvalue weighted by Crippen LogP contribution is 2.22. The first kappa shape index (κ1) is 19.1. The average molecular weight is 377 g/mol. The molecule has 0 fully saturated rings. The van der Waals surface area contributed by atoms with Crippen molar-refractivity contribution in [3.8, 4) is 11.3 Å². The molecule has 1 amide bonds. The molecule has 6 nitrogen and oxygen atoms in total. The van der Waals surface area contributed by atoms with Crippen LogP contribution in [0.25, 0.3) is 11.3 Å². The molecule has 6 heteroatoms. The van der Waals surface area contributed by atoms with Gasteiger partial charge in [0.2, 0.25) is 0 Å². The van der Waals surface area contributed by atoms with Gasteiger partial charge < -0.3 is 14.5 Å². The summed E-state index contributed by atoms with van der Waals surface area (Å²) in [5, 5.41) is 2.68. The predicted octanol–water partition coefficient (Wildman–Crippen LogP) is 4.12. The zero-order chi connectivity index (χ0) is 19.9. The lowest BCUT2D eigenvalue weighted by Crippen LogP contribution is -2.20. The number of benzene rings is 2. The molecular weight excluding hydrogens is 358 g/mol. The van der Waals surface area contributed by atoms with Crippen LogP contribution in [0.3, 0.4) is 0 Å². The number of carbonyl (C=O) groups excluding carboxylic acids is 3. The van der Waals surface area contributed by atoms with Crippen LogP contribution in [0, 0.1) is 0 Å². The Balaban J connectivity index is 1.53. The van der Waals surface area contributed by atoms with Crippen LogP contribution in [-0.4, -0.2) is 24.8 Å². The first-order chi connectivity index (χ1) is 13.6. The van der Waals surface area contributed by atoms with E-state index in [4.69, 9.17) is 9.15 Å². The maximum atomic E-state index is 12.1. The molecule has 142 valence electrons. The summed E-state index contributed by atoms with van der Waals surface area (Å²) >= 11 is 0. The van der Waals surface area contributed by atoms with Crippen molar-refractivity contribution in [2.24, 2.45) is 0 Å². The van der Waals surface area contributed by atoms with Gasteiger partial charge in [0.1, 0.15) is 5.76 Å². The van der Waals surface area contributed by atoms with Crippen molar-refractivity contribution >= 4 is 23.9 Å². The number of amides is 1. The number of aldehydes is 1. The van der Waals surface area contributed by atoms with Crippen molar-refractivity contribution in [2.45, 2.75) is 13.3 Å². The summed E-state index contributed by atoms with van der Waals surface area (Å²) in [7, 11) is 0. The monoisotopic (exact) mass is 377 g/mol. The molecule has 3 rings (SSSR count). The second-order valence-electron chi connectivity index (χ2n) is 6.07. The topological polar surface area (TPSA) is 85.6 Å². The molecule has 0 saturated heterocycles. The van der Waals surface area contributed by atoms with Gasteiger partial charge in [-0.15, -0.1) is 0 Å². The molecule has 1 heterocycles. The van der Waals surface area contributed by atoms with E-state index < -0.39 is 11.9 Å². The lowest BCUT2D eigenvalue weighted by molar-refractivity contribution is -0.119. The molecule has 28 heavy (non-hydrogen) atoms. The summed E-state index contributed by atoms with van der Waals surface area (Å²) in [5.74, 6) is -0.258. The molecule has 0 atom stereocenters. The second-order valence-corrected chi connectivity index (χ2v) is 6.07. The minimum absolute atomic E-state index is 0.230. The Kier molecular flexibility index (Phi) is 6.01. The zero-order valence-electron chi connectivity index (χ0n) is 15.3. The number of esters is 1. The summed E-state index contributed by atoms with van der Waals surface area (Å²) in [6, 6.07) is 17.2. The summed E-state index contributed by atoms with van der Waals surface area (Å²) in [6.07, 6.45) is 1.54. The number of hydrogen-bond acceptors (Lipinski definition) is 5. The van der Waals surface area contributed by atoms with Gasteiger partial charge in [-0.05, 0) is 48.4 Å². The second kappa shape index (κ2) is 8.81. The zero-order valence-corrected chi connectivity index (χ0v) is 15.3. The molecule has 0 radical (unpaired) electrons. The van der Waals surface area contributed by atoms with E-state index >= 15 is 0 Å². The fourth-order valence-electron chi connectivity index (χ4n) is 2.58. The Morgan fingerprint density at radius 3 is 2.32 bits per heavy atom. The SMILES string of the molecule is CCc1ccc(NC(=O)COC(=O)c2ccc(-c3ccc(C=O)o3)cc2)cc1. The molecule has 0 unspecified atom stereocenters. The van der Waals surface area contributed by atoms with Crippen molar-refractivity contribution in [1.29, 1.82) is 0 Å². The Morgan fingerprint density at radius 1 is 1.00 bits per heavy atom. The van der Waals surface area contributed by atoms with Gasteiger partial charge in [-0.25, -0.2) is 4.79 Å². The van der Waals surface area contributed by atoms with Crippen LogP contribution in [0.4, 0.5) is 5.69 Å². The molecule has 0 aliphatic rings. The van der Waals surface area contributed by atoms with Gasteiger partial charge in [-0.3, -0.25) is 9.59 Å². The van der Waals surface area contributed by atoms with Crippen LogP contribution < -0.4 is 5.32 Å². The summed E-state index contributed by atoms with van der Waals surface area (Å²) in [4.78, 5) is 34.7. The maximum Gasteiger partial charge on any atom is 0.338 e. The van der Waals surface area contributed by atoms with E-state index in [0.717, 1.165) is 12.0 Å². The Morgan fingerprint density at radius 2 is 1.71 bits per heavy atom. The third-order valence-corrected chi connectivity index (χ3v) is 4.13. The summed E-state index contributed by atoms with van der Waals surface area (Å²) in [6.45, 7) is 1.67. The number of nitrogens with one attached hydrogen (secondary N) is 1. The third-order valence-electron chi connectivity index (χ3n) is 4.13. The van der Waals surface area contributed by atoms with Gasteiger partial charge in [0.05, 0.1) is 5.56 Å². The molecule has 1 aromatic heterocycles. The minimum atomic E-state index is -0.601. The van der Waals surface area contributed by atoms with Gasteiger partial charge in [0.15, 0.2) is 18.7 Å². The molecule has 0 saturated carbocycles. The Labute approximate surface area is 162 Å². The first-order valence-corrected chi connectivity index (χ1v) is 8.80. The van der Waals surface area contributed by atoms with Gasteiger partial charge in [-0.1, -0.05) is 31.2 Å². The number of carbonyl (C=O) groups is 3. The van der Waals surface area contributed by atoms with Gasteiger partial charge in [0.25, 0.3) is 5.91 Å². The Hall–Kier alpha value is -3.67. The van der Waals surface area contributed by atoms with Crippen molar-refractivity contribution in [2.75, 3.05) is 11.9 Å². The molecule has 3 aromatic rings. The number of rotatable bonds is 7. The Bertz CT molecular complexity index is 971. The van der Waals surface area contributed by atoms with Gasteiger partial charge in [0, 0.05) is 11.3 Å². The van der Waals surface area contributed by atoms with Gasteiger partial charge >= 0.3 is 5.97 Å². The van der Waals surface area contributed by atoms with Crippen molar-refractivity contribution in [1.82, 2.24) is 0 Å². The molecule has 0 aliphatic carbocycles. The van der Waals surface area contributed by atoms with Crippen molar-refractivity contribution in [3.05, 3.63) is 77.6 Å². The lowest BCUT2D eigenvalue weighted by atomic mass is 10.1.